The summed E-state index contributed by atoms with van der Waals surface area (Å²) in [6.45, 7) is 8.62. The van der Waals surface area contributed by atoms with E-state index in [1.807, 2.05) is 0 Å². The van der Waals surface area contributed by atoms with Crippen LogP contribution in [0.3, 0.4) is 0 Å². The number of rotatable bonds is 4. The van der Waals surface area contributed by atoms with Crippen LogP contribution in [0.1, 0.15) is 30.6 Å². The number of hydrogen-bond donors (Lipinski definition) is 1. The smallest absolute Gasteiger partial charge is 0.407 e. The number of ether oxygens (including phenoxy) is 1. The number of pyridine rings is 1. The highest BCUT2D eigenvalue weighted by Crippen LogP contribution is 2.39. The first-order chi connectivity index (χ1) is 10.8. The number of nitrogens with zero attached hydrogens (tertiary/aromatic N) is 2. The number of halogens is 3. The first-order valence-corrected chi connectivity index (χ1v) is 6.74. The van der Waals surface area contributed by atoms with Crippen LogP contribution in [0.25, 0.3) is 4.85 Å². The van der Waals surface area contributed by atoms with Gasteiger partial charge in [-0.05, 0) is 24.6 Å². The van der Waals surface area contributed by atoms with E-state index in [4.69, 9.17) is 11.3 Å². The van der Waals surface area contributed by atoms with Crippen LogP contribution in [0, 0.1) is 6.57 Å². The van der Waals surface area contributed by atoms with Crippen LogP contribution in [-0.4, -0.2) is 10.1 Å². The summed E-state index contributed by atoms with van der Waals surface area (Å²) in [6, 6.07) is 4.66. The number of aromatic nitrogens is 1. The Labute approximate surface area is 131 Å². The summed E-state index contributed by atoms with van der Waals surface area (Å²) >= 11 is 0. The van der Waals surface area contributed by atoms with E-state index in [0.29, 0.717) is 12.0 Å². The Kier molecular flexibility index (Phi) is 4.74. The van der Waals surface area contributed by atoms with Gasteiger partial charge in [-0.1, -0.05) is 13.0 Å². The molecule has 2 rings (SSSR count). The molecular formula is C16H13F3N2O2. The molecule has 0 fully saturated rings. The molecule has 0 saturated heterocycles. The van der Waals surface area contributed by atoms with Crippen molar-refractivity contribution in [1.82, 2.24) is 4.98 Å². The van der Waals surface area contributed by atoms with E-state index in [-0.39, 0.29) is 11.5 Å². The lowest BCUT2D eigenvalue weighted by Gasteiger charge is -2.19. The second kappa shape index (κ2) is 6.57. The monoisotopic (exact) mass is 322 g/mol. The number of hydrogen-bond acceptors (Lipinski definition) is 3. The average Bonchev–Trinajstić information content (AvgIpc) is 2.51. The first kappa shape index (κ1) is 16.6. The van der Waals surface area contributed by atoms with Crippen molar-refractivity contribution in [2.24, 2.45) is 0 Å². The molecule has 1 aromatic carbocycles. The van der Waals surface area contributed by atoms with Crippen molar-refractivity contribution in [1.29, 1.82) is 0 Å². The summed E-state index contributed by atoms with van der Waals surface area (Å²) in [5, 5.41) is 9.44. The van der Waals surface area contributed by atoms with E-state index in [9.17, 15) is 18.3 Å². The fourth-order valence-corrected chi connectivity index (χ4v) is 2.09. The molecule has 0 saturated carbocycles. The van der Waals surface area contributed by atoms with Crippen molar-refractivity contribution < 1.29 is 23.0 Å². The molecule has 4 nitrogen and oxygen atoms in total. The van der Waals surface area contributed by atoms with E-state index >= 15 is 0 Å². The van der Waals surface area contributed by atoms with Gasteiger partial charge in [-0.3, -0.25) is 4.98 Å². The normalized spacial score (nSPS) is 12.5. The van der Waals surface area contributed by atoms with Crippen molar-refractivity contribution in [3.63, 3.8) is 0 Å². The molecule has 2 aromatic rings. The Balaban J connectivity index is 2.34. The van der Waals surface area contributed by atoms with Gasteiger partial charge in [0.15, 0.2) is 5.69 Å². The molecule has 120 valence electrons. The molecule has 0 aliphatic rings. The summed E-state index contributed by atoms with van der Waals surface area (Å²) in [5.41, 5.74) is -0.957. The third-order valence-electron chi connectivity index (χ3n) is 3.16. The van der Waals surface area contributed by atoms with Gasteiger partial charge in [-0.15, -0.1) is 0 Å². The lowest BCUT2D eigenvalue weighted by Crippen LogP contribution is -2.09. The minimum Gasteiger partial charge on any atom is -0.506 e. The second-order valence-electron chi connectivity index (χ2n) is 4.78. The van der Waals surface area contributed by atoms with Crippen LogP contribution in [-0.2, 0) is 6.18 Å². The van der Waals surface area contributed by atoms with E-state index in [0.717, 1.165) is 12.1 Å². The molecule has 0 radical (unpaired) electrons. The standard InChI is InChI=1S/C16H13F3N2O2/c1-3-15(10-6-11(22)9-21-8-10)23-12-4-5-14(20-2)13(7-12)16(17,18)19/h4-9,15,22H,3H2,1H3. The maximum absolute atomic E-state index is 13.0. The van der Waals surface area contributed by atoms with Gasteiger partial charge in [0.1, 0.15) is 17.6 Å². The maximum atomic E-state index is 13.0. The highest BCUT2D eigenvalue weighted by molar-refractivity contribution is 5.56. The fraction of sp³-hybridized carbons (Fsp3) is 0.250. The first-order valence-electron chi connectivity index (χ1n) is 6.74. The molecule has 1 atom stereocenters. The van der Waals surface area contributed by atoms with Gasteiger partial charge in [-0.2, -0.15) is 13.2 Å². The predicted octanol–water partition coefficient (Wildman–Crippen LogP) is 4.89. The number of benzene rings is 1. The maximum Gasteiger partial charge on any atom is 0.407 e. The lowest BCUT2D eigenvalue weighted by molar-refractivity contribution is -0.137. The van der Waals surface area contributed by atoms with Crippen LogP contribution < -0.4 is 4.74 Å². The molecule has 0 amide bonds. The summed E-state index contributed by atoms with van der Waals surface area (Å²) in [5.74, 6) is -0.0520. The Morgan fingerprint density at radius 1 is 1.30 bits per heavy atom. The van der Waals surface area contributed by atoms with Gasteiger partial charge >= 0.3 is 6.18 Å². The molecule has 1 aromatic heterocycles. The average molecular weight is 322 g/mol. The molecule has 1 N–H and O–H groups in total. The van der Waals surface area contributed by atoms with Gasteiger partial charge in [0.2, 0.25) is 0 Å². The summed E-state index contributed by atoms with van der Waals surface area (Å²) in [6.07, 6.45) is -1.99. The Hall–Kier alpha value is -2.75. The summed E-state index contributed by atoms with van der Waals surface area (Å²) in [7, 11) is 0. The van der Waals surface area contributed by atoms with Crippen molar-refractivity contribution in [3.05, 3.63) is 59.2 Å². The van der Waals surface area contributed by atoms with Gasteiger partial charge in [0, 0.05) is 11.8 Å². The van der Waals surface area contributed by atoms with Gasteiger partial charge < -0.3 is 9.84 Å². The zero-order valence-corrected chi connectivity index (χ0v) is 12.1. The fourth-order valence-electron chi connectivity index (χ4n) is 2.09. The van der Waals surface area contributed by atoms with Crippen molar-refractivity contribution in [2.75, 3.05) is 0 Å². The van der Waals surface area contributed by atoms with Crippen LogP contribution in [0.5, 0.6) is 11.5 Å². The molecule has 0 spiro atoms. The molecule has 1 heterocycles. The van der Waals surface area contributed by atoms with E-state index in [1.165, 1.54) is 24.5 Å². The molecule has 0 aliphatic heterocycles. The SMILES string of the molecule is [C-]#[N+]c1ccc(OC(CC)c2cncc(O)c2)cc1C(F)(F)F. The van der Waals surface area contributed by atoms with Gasteiger partial charge in [-0.25, -0.2) is 4.85 Å². The summed E-state index contributed by atoms with van der Waals surface area (Å²) in [4.78, 5) is 6.71. The van der Waals surface area contributed by atoms with Crippen molar-refractivity contribution in [3.8, 4) is 11.5 Å². The topological polar surface area (TPSA) is 46.7 Å². The van der Waals surface area contributed by atoms with Crippen LogP contribution >= 0.6 is 0 Å². The highest BCUT2D eigenvalue weighted by Gasteiger charge is 2.34. The zero-order valence-electron chi connectivity index (χ0n) is 12.1. The van der Waals surface area contributed by atoms with E-state index in [2.05, 4.69) is 9.83 Å². The van der Waals surface area contributed by atoms with Crippen molar-refractivity contribution >= 4 is 5.69 Å². The molecular weight excluding hydrogens is 309 g/mol. The van der Waals surface area contributed by atoms with Crippen LogP contribution in [0.15, 0.2) is 36.7 Å². The van der Waals surface area contributed by atoms with Crippen molar-refractivity contribution in [2.45, 2.75) is 25.6 Å². The van der Waals surface area contributed by atoms with Crippen LogP contribution in [0.4, 0.5) is 18.9 Å². The van der Waals surface area contributed by atoms with Crippen LogP contribution in [0.2, 0.25) is 0 Å². The van der Waals surface area contributed by atoms with Gasteiger partial charge in [0.25, 0.3) is 0 Å². The highest BCUT2D eigenvalue weighted by atomic mass is 19.4. The second-order valence-corrected chi connectivity index (χ2v) is 4.78. The molecule has 7 heteroatoms. The third kappa shape index (κ3) is 3.92. The lowest BCUT2D eigenvalue weighted by atomic mass is 10.1. The van der Waals surface area contributed by atoms with Gasteiger partial charge in [0.05, 0.1) is 18.3 Å². The predicted molar refractivity (Wildman–Crippen MR) is 77.3 cm³/mol. The van der Waals surface area contributed by atoms with E-state index in [1.54, 1.807) is 6.92 Å². The molecule has 1 unspecified atom stereocenters. The molecule has 0 bridgehead atoms. The molecule has 23 heavy (non-hydrogen) atoms. The number of alkyl halides is 3. The quantitative estimate of drug-likeness (QED) is 0.816. The largest absolute Gasteiger partial charge is 0.506 e. The minimum atomic E-state index is -4.63. The number of aromatic hydroxyl groups is 1. The summed E-state index contributed by atoms with van der Waals surface area (Å²) < 4.78 is 44.5. The third-order valence-corrected chi connectivity index (χ3v) is 3.16. The Bertz CT molecular complexity index is 739. The molecule has 0 aliphatic carbocycles. The Morgan fingerprint density at radius 3 is 2.61 bits per heavy atom. The zero-order chi connectivity index (χ0) is 17.0. The Morgan fingerprint density at radius 2 is 2.04 bits per heavy atom. The minimum absolute atomic E-state index is 0.0000761. The van der Waals surface area contributed by atoms with E-state index < -0.39 is 23.5 Å².